The van der Waals surface area contributed by atoms with E-state index in [0.717, 1.165) is 30.6 Å². The van der Waals surface area contributed by atoms with Gasteiger partial charge >= 0.3 is 0 Å². The van der Waals surface area contributed by atoms with Crippen LogP contribution in [0.2, 0.25) is 0 Å². The average Bonchev–Trinajstić information content (AvgIpc) is 2.79. The molecule has 104 valence electrons. The van der Waals surface area contributed by atoms with Gasteiger partial charge in [0.15, 0.2) is 0 Å². The van der Waals surface area contributed by atoms with Gasteiger partial charge in [0.05, 0.1) is 12.6 Å². The number of nitrogen functional groups attached to an aromatic ring is 1. The van der Waals surface area contributed by atoms with E-state index in [2.05, 4.69) is 6.92 Å². The molecule has 4 heteroatoms. The maximum Gasteiger partial charge on any atom is 0.223 e. The lowest BCUT2D eigenvalue weighted by molar-refractivity contribution is -0.133. The van der Waals surface area contributed by atoms with Crippen molar-refractivity contribution in [2.45, 2.75) is 32.2 Å². The highest BCUT2D eigenvalue weighted by molar-refractivity contribution is 5.77. The number of benzene rings is 1. The van der Waals surface area contributed by atoms with E-state index in [1.165, 1.54) is 0 Å². The third kappa shape index (κ3) is 3.26. The summed E-state index contributed by atoms with van der Waals surface area (Å²) in [6, 6.07) is 7.62. The SMILES string of the molecule is CC1CCN(C(=O)CCc2ccc(N)cc2)C1CO. The van der Waals surface area contributed by atoms with Crippen LogP contribution in [0.5, 0.6) is 0 Å². The van der Waals surface area contributed by atoms with Gasteiger partial charge in [0, 0.05) is 18.7 Å². The summed E-state index contributed by atoms with van der Waals surface area (Å²) in [5.41, 5.74) is 7.49. The maximum atomic E-state index is 12.2. The molecule has 1 aromatic rings. The van der Waals surface area contributed by atoms with Crippen LogP contribution in [0.3, 0.4) is 0 Å². The maximum absolute atomic E-state index is 12.2. The number of anilines is 1. The zero-order chi connectivity index (χ0) is 13.8. The summed E-state index contributed by atoms with van der Waals surface area (Å²) in [6.07, 6.45) is 2.20. The Labute approximate surface area is 114 Å². The third-order valence-electron chi connectivity index (χ3n) is 4.00. The van der Waals surface area contributed by atoms with Crippen LogP contribution < -0.4 is 5.73 Å². The van der Waals surface area contributed by atoms with Crippen molar-refractivity contribution in [1.29, 1.82) is 0 Å². The van der Waals surface area contributed by atoms with Gasteiger partial charge in [0.2, 0.25) is 5.91 Å². The summed E-state index contributed by atoms with van der Waals surface area (Å²) >= 11 is 0. The van der Waals surface area contributed by atoms with Gasteiger partial charge in [-0.25, -0.2) is 0 Å². The zero-order valence-electron chi connectivity index (χ0n) is 11.4. The van der Waals surface area contributed by atoms with Crippen LogP contribution in [-0.2, 0) is 11.2 Å². The van der Waals surface area contributed by atoms with E-state index in [1.807, 2.05) is 29.2 Å². The lowest BCUT2D eigenvalue weighted by Gasteiger charge is -2.25. The molecular formula is C15H22N2O2. The van der Waals surface area contributed by atoms with Gasteiger partial charge in [-0.3, -0.25) is 4.79 Å². The van der Waals surface area contributed by atoms with Gasteiger partial charge in [-0.05, 0) is 36.5 Å². The second-order valence-corrected chi connectivity index (χ2v) is 5.34. The molecule has 1 fully saturated rings. The molecule has 2 rings (SSSR count). The molecule has 0 bridgehead atoms. The van der Waals surface area contributed by atoms with Gasteiger partial charge in [0.1, 0.15) is 0 Å². The fourth-order valence-electron chi connectivity index (χ4n) is 2.68. The van der Waals surface area contributed by atoms with Gasteiger partial charge in [-0.1, -0.05) is 19.1 Å². The molecule has 0 aromatic heterocycles. The van der Waals surface area contributed by atoms with Crippen molar-refractivity contribution in [3.63, 3.8) is 0 Å². The van der Waals surface area contributed by atoms with Crippen LogP contribution in [-0.4, -0.2) is 35.1 Å². The van der Waals surface area contributed by atoms with E-state index in [4.69, 9.17) is 5.73 Å². The Bertz CT molecular complexity index is 430. The first-order valence-corrected chi connectivity index (χ1v) is 6.86. The van der Waals surface area contributed by atoms with Crippen molar-refractivity contribution in [2.75, 3.05) is 18.9 Å². The van der Waals surface area contributed by atoms with Crippen molar-refractivity contribution in [3.05, 3.63) is 29.8 Å². The Morgan fingerprint density at radius 2 is 2.11 bits per heavy atom. The van der Waals surface area contributed by atoms with Crippen LogP contribution >= 0.6 is 0 Å². The van der Waals surface area contributed by atoms with E-state index in [-0.39, 0.29) is 18.6 Å². The normalized spacial score (nSPS) is 22.7. The van der Waals surface area contributed by atoms with Crippen molar-refractivity contribution < 1.29 is 9.90 Å². The molecule has 0 saturated carbocycles. The van der Waals surface area contributed by atoms with Gasteiger partial charge in [0.25, 0.3) is 0 Å². The average molecular weight is 262 g/mol. The number of hydrogen-bond acceptors (Lipinski definition) is 3. The summed E-state index contributed by atoms with van der Waals surface area (Å²) in [5.74, 6) is 0.533. The van der Waals surface area contributed by atoms with Crippen molar-refractivity contribution in [1.82, 2.24) is 4.90 Å². The molecule has 0 radical (unpaired) electrons. The molecule has 1 aliphatic heterocycles. The number of rotatable bonds is 4. The molecule has 3 N–H and O–H groups in total. The number of nitrogens with zero attached hydrogens (tertiary/aromatic N) is 1. The minimum Gasteiger partial charge on any atom is -0.399 e. The van der Waals surface area contributed by atoms with Crippen molar-refractivity contribution in [3.8, 4) is 0 Å². The minimum atomic E-state index is -0.00100. The number of carbonyl (C=O) groups excluding carboxylic acids is 1. The van der Waals surface area contributed by atoms with Gasteiger partial charge < -0.3 is 15.7 Å². The topological polar surface area (TPSA) is 66.6 Å². The molecule has 1 aliphatic rings. The van der Waals surface area contributed by atoms with E-state index in [1.54, 1.807) is 0 Å². The molecule has 1 amide bonds. The Hall–Kier alpha value is -1.55. The number of hydrogen-bond donors (Lipinski definition) is 2. The van der Waals surface area contributed by atoms with Crippen molar-refractivity contribution >= 4 is 11.6 Å². The van der Waals surface area contributed by atoms with Gasteiger partial charge in [-0.2, -0.15) is 0 Å². The van der Waals surface area contributed by atoms with Crippen LogP contribution in [0.25, 0.3) is 0 Å². The summed E-state index contributed by atoms with van der Waals surface area (Å²) in [5, 5.41) is 9.36. The second-order valence-electron chi connectivity index (χ2n) is 5.34. The molecule has 4 nitrogen and oxygen atoms in total. The fraction of sp³-hybridized carbons (Fsp3) is 0.533. The predicted octanol–water partition coefficient (Wildman–Crippen LogP) is 1.43. The number of nitrogens with two attached hydrogens (primary N) is 1. The molecular weight excluding hydrogens is 240 g/mol. The fourth-order valence-corrected chi connectivity index (χ4v) is 2.68. The van der Waals surface area contributed by atoms with E-state index >= 15 is 0 Å². The van der Waals surface area contributed by atoms with Gasteiger partial charge in [-0.15, -0.1) is 0 Å². The number of likely N-dealkylation sites (tertiary alicyclic amines) is 1. The Morgan fingerprint density at radius 1 is 1.42 bits per heavy atom. The number of amides is 1. The van der Waals surface area contributed by atoms with Crippen LogP contribution in [0.1, 0.15) is 25.3 Å². The van der Waals surface area contributed by atoms with Crippen LogP contribution in [0.4, 0.5) is 5.69 Å². The van der Waals surface area contributed by atoms with Crippen LogP contribution in [0.15, 0.2) is 24.3 Å². The molecule has 2 unspecified atom stereocenters. The number of carbonyl (C=O) groups is 1. The third-order valence-corrected chi connectivity index (χ3v) is 4.00. The summed E-state index contributed by atoms with van der Waals surface area (Å²) in [4.78, 5) is 14.0. The number of aliphatic hydroxyl groups excluding tert-OH is 1. The lowest BCUT2D eigenvalue weighted by atomic mass is 10.0. The first-order chi connectivity index (χ1) is 9.11. The predicted molar refractivity (Wildman–Crippen MR) is 75.5 cm³/mol. The Kier molecular flexibility index (Phi) is 4.43. The quantitative estimate of drug-likeness (QED) is 0.807. The van der Waals surface area contributed by atoms with Crippen molar-refractivity contribution in [2.24, 2.45) is 5.92 Å². The highest BCUT2D eigenvalue weighted by Gasteiger charge is 2.33. The molecule has 1 saturated heterocycles. The Balaban J connectivity index is 1.89. The summed E-state index contributed by atoms with van der Waals surface area (Å²) in [6.45, 7) is 2.93. The second kappa shape index (κ2) is 6.06. The summed E-state index contributed by atoms with van der Waals surface area (Å²) < 4.78 is 0. The smallest absolute Gasteiger partial charge is 0.223 e. The largest absolute Gasteiger partial charge is 0.399 e. The highest BCUT2D eigenvalue weighted by atomic mass is 16.3. The van der Waals surface area contributed by atoms with E-state index in [0.29, 0.717) is 12.3 Å². The summed E-state index contributed by atoms with van der Waals surface area (Å²) in [7, 11) is 0. The molecule has 0 aliphatic carbocycles. The minimum absolute atomic E-state index is 0.00100. The molecule has 19 heavy (non-hydrogen) atoms. The lowest BCUT2D eigenvalue weighted by Crippen LogP contribution is -2.39. The first kappa shape index (κ1) is 13.9. The number of aliphatic hydroxyl groups is 1. The number of aryl methyl sites for hydroxylation is 1. The molecule has 2 atom stereocenters. The molecule has 1 heterocycles. The monoisotopic (exact) mass is 262 g/mol. The first-order valence-electron chi connectivity index (χ1n) is 6.86. The molecule has 1 aromatic carbocycles. The van der Waals surface area contributed by atoms with Crippen LogP contribution in [0, 0.1) is 5.92 Å². The standard InChI is InChI=1S/C15H22N2O2/c1-11-8-9-17(14(11)10-18)15(19)7-4-12-2-5-13(16)6-3-12/h2-3,5-6,11,14,18H,4,7-10,16H2,1H3. The highest BCUT2D eigenvalue weighted by Crippen LogP contribution is 2.24. The molecule has 0 spiro atoms. The Morgan fingerprint density at radius 3 is 2.74 bits per heavy atom. The van der Waals surface area contributed by atoms with E-state index < -0.39 is 0 Å². The van der Waals surface area contributed by atoms with E-state index in [9.17, 15) is 9.90 Å². The zero-order valence-corrected chi connectivity index (χ0v) is 11.4.